The lowest BCUT2D eigenvalue weighted by molar-refractivity contribution is 0.0524. The van der Waals surface area contributed by atoms with Crippen LogP contribution in [0.5, 0.6) is 11.5 Å². The van der Waals surface area contributed by atoms with Gasteiger partial charge in [-0.15, -0.1) is 11.3 Å². The highest BCUT2D eigenvalue weighted by molar-refractivity contribution is 7.21. The van der Waals surface area contributed by atoms with Gasteiger partial charge < -0.3 is 14.4 Å². The summed E-state index contributed by atoms with van der Waals surface area (Å²) < 4.78 is 12.6. The summed E-state index contributed by atoms with van der Waals surface area (Å²) in [6, 6.07) is 15.3. The highest BCUT2D eigenvalue weighted by Gasteiger charge is 2.26. The van der Waals surface area contributed by atoms with Crippen molar-refractivity contribution in [3.8, 4) is 11.5 Å². The third-order valence-electron chi connectivity index (χ3n) is 4.12. The predicted molar refractivity (Wildman–Crippen MR) is 100 cm³/mol. The van der Waals surface area contributed by atoms with Crippen LogP contribution in [0, 0.1) is 0 Å². The molecule has 2 aromatic carbocycles. The lowest BCUT2D eigenvalue weighted by atomic mass is 10.2. The van der Waals surface area contributed by atoms with E-state index in [2.05, 4.69) is 0 Å². The first-order valence-corrected chi connectivity index (χ1v) is 9.14. The standard InChI is InChI=1S/C19H16ClNO3S/c1-21(10-12-11-23-14-7-3-4-8-15(14)24-12)19(22)18-17(20)13-6-2-5-9-16(13)25-18/h2-9,12H,10-11H2,1H3/t12-/m0/s1. The Kier molecular flexibility index (Phi) is 4.27. The molecular weight excluding hydrogens is 358 g/mol. The minimum absolute atomic E-state index is 0.103. The Morgan fingerprint density at radius 1 is 1.20 bits per heavy atom. The molecule has 4 rings (SSSR count). The van der Waals surface area contributed by atoms with E-state index in [0.29, 0.717) is 28.8 Å². The molecule has 0 aliphatic carbocycles. The monoisotopic (exact) mass is 373 g/mol. The van der Waals surface area contributed by atoms with Crippen LogP contribution in [-0.4, -0.2) is 37.1 Å². The fraction of sp³-hybridized carbons (Fsp3) is 0.211. The second-order valence-corrected chi connectivity index (χ2v) is 7.35. The molecule has 3 aromatic rings. The maximum Gasteiger partial charge on any atom is 0.265 e. The van der Waals surface area contributed by atoms with Gasteiger partial charge >= 0.3 is 0 Å². The summed E-state index contributed by atoms with van der Waals surface area (Å²) in [7, 11) is 1.76. The smallest absolute Gasteiger partial charge is 0.265 e. The van der Waals surface area contributed by atoms with Crippen molar-refractivity contribution in [2.45, 2.75) is 6.10 Å². The van der Waals surface area contributed by atoms with Crippen molar-refractivity contribution >= 4 is 38.9 Å². The Morgan fingerprint density at radius 3 is 2.72 bits per heavy atom. The number of ether oxygens (including phenoxy) is 2. The Hall–Kier alpha value is -2.24. The van der Waals surface area contributed by atoms with Crippen molar-refractivity contribution in [1.82, 2.24) is 4.90 Å². The zero-order chi connectivity index (χ0) is 17.4. The number of hydrogen-bond donors (Lipinski definition) is 0. The fourth-order valence-corrected chi connectivity index (χ4v) is 4.37. The number of likely N-dealkylation sites (N-methyl/N-ethyl adjacent to an activating group) is 1. The largest absolute Gasteiger partial charge is 0.486 e. The molecule has 1 aliphatic heterocycles. The Balaban J connectivity index is 1.50. The molecule has 0 bridgehead atoms. The number of fused-ring (bicyclic) bond motifs is 2. The number of halogens is 1. The number of benzene rings is 2. The first-order valence-electron chi connectivity index (χ1n) is 7.94. The molecule has 0 N–H and O–H groups in total. The molecule has 1 aromatic heterocycles. The Labute approximate surface area is 154 Å². The molecule has 6 heteroatoms. The summed E-state index contributed by atoms with van der Waals surface area (Å²) in [6.45, 7) is 0.840. The molecule has 2 heterocycles. The second-order valence-electron chi connectivity index (χ2n) is 5.92. The SMILES string of the molecule is CN(C[C@H]1COc2ccccc2O1)C(=O)c1sc2ccccc2c1Cl. The molecule has 0 unspecified atom stereocenters. The number of carbonyl (C=O) groups excluding carboxylic acids is 1. The number of amides is 1. The lowest BCUT2D eigenvalue weighted by Gasteiger charge is -2.29. The van der Waals surface area contributed by atoms with Gasteiger partial charge in [0.1, 0.15) is 11.5 Å². The van der Waals surface area contributed by atoms with E-state index in [9.17, 15) is 4.79 Å². The highest BCUT2D eigenvalue weighted by Crippen LogP contribution is 2.36. The first-order chi connectivity index (χ1) is 12.1. The van der Waals surface area contributed by atoms with Crippen LogP contribution in [0.15, 0.2) is 48.5 Å². The van der Waals surface area contributed by atoms with E-state index in [1.54, 1.807) is 11.9 Å². The van der Waals surface area contributed by atoms with E-state index in [4.69, 9.17) is 21.1 Å². The number of rotatable bonds is 3. The summed E-state index contributed by atoms with van der Waals surface area (Å²) in [5.74, 6) is 1.34. The zero-order valence-electron chi connectivity index (χ0n) is 13.6. The molecule has 0 radical (unpaired) electrons. The average molecular weight is 374 g/mol. The molecule has 0 saturated carbocycles. The topological polar surface area (TPSA) is 38.8 Å². The van der Waals surface area contributed by atoms with E-state index >= 15 is 0 Å². The van der Waals surface area contributed by atoms with Crippen LogP contribution in [-0.2, 0) is 0 Å². The molecule has 0 fully saturated rings. The Bertz CT molecular complexity index is 939. The van der Waals surface area contributed by atoms with Crippen LogP contribution in [0.4, 0.5) is 0 Å². The van der Waals surface area contributed by atoms with Crippen molar-refractivity contribution in [3.05, 3.63) is 58.4 Å². The summed E-state index contributed by atoms with van der Waals surface area (Å²) in [5, 5.41) is 1.43. The summed E-state index contributed by atoms with van der Waals surface area (Å²) in [4.78, 5) is 15.0. The quantitative estimate of drug-likeness (QED) is 0.680. The maximum atomic E-state index is 12.8. The van der Waals surface area contributed by atoms with Gasteiger partial charge in [-0.3, -0.25) is 4.79 Å². The van der Waals surface area contributed by atoms with Crippen LogP contribution in [0.2, 0.25) is 5.02 Å². The summed E-state index contributed by atoms with van der Waals surface area (Å²) in [6.07, 6.45) is -0.211. The van der Waals surface area contributed by atoms with Crippen molar-refractivity contribution in [2.24, 2.45) is 0 Å². The molecule has 1 aliphatic rings. The van der Waals surface area contributed by atoms with Crippen LogP contribution in [0.25, 0.3) is 10.1 Å². The average Bonchev–Trinajstić information content (AvgIpc) is 2.98. The number of thiophene rings is 1. The van der Waals surface area contributed by atoms with E-state index in [1.165, 1.54) is 11.3 Å². The highest BCUT2D eigenvalue weighted by atomic mass is 35.5. The number of para-hydroxylation sites is 2. The van der Waals surface area contributed by atoms with E-state index < -0.39 is 0 Å². The molecule has 0 saturated heterocycles. The van der Waals surface area contributed by atoms with Gasteiger partial charge in [-0.25, -0.2) is 0 Å². The van der Waals surface area contributed by atoms with Gasteiger partial charge in [0, 0.05) is 17.1 Å². The zero-order valence-corrected chi connectivity index (χ0v) is 15.1. The molecule has 1 atom stereocenters. The second kappa shape index (κ2) is 6.58. The van der Waals surface area contributed by atoms with Gasteiger partial charge in [-0.1, -0.05) is 41.9 Å². The Morgan fingerprint density at radius 2 is 1.92 bits per heavy atom. The van der Waals surface area contributed by atoms with E-state index in [-0.39, 0.29) is 12.0 Å². The fourth-order valence-electron chi connectivity index (χ4n) is 2.87. The van der Waals surface area contributed by atoms with Crippen molar-refractivity contribution in [2.75, 3.05) is 20.2 Å². The van der Waals surface area contributed by atoms with Gasteiger partial charge in [0.05, 0.1) is 11.6 Å². The molecule has 1 amide bonds. The lowest BCUT2D eigenvalue weighted by Crippen LogP contribution is -2.41. The molecule has 0 spiro atoms. The third-order valence-corrected chi connectivity index (χ3v) is 5.78. The van der Waals surface area contributed by atoms with Gasteiger partial charge in [-0.2, -0.15) is 0 Å². The first kappa shape index (κ1) is 16.2. The minimum atomic E-state index is -0.211. The van der Waals surface area contributed by atoms with Gasteiger partial charge in [0.25, 0.3) is 5.91 Å². The van der Waals surface area contributed by atoms with E-state index in [1.807, 2.05) is 48.5 Å². The van der Waals surface area contributed by atoms with Gasteiger partial charge in [0.2, 0.25) is 0 Å². The van der Waals surface area contributed by atoms with Crippen molar-refractivity contribution in [3.63, 3.8) is 0 Å². The van der Waals surface area contributed by atoms with Crippen LogP contribution < -0.4 is 9.47 Å². The molecular formula is C19H16ClNO3S. The number of nitrogens with zero attached hydrogens (tertiary/aromatic N) is 1. The molecule has 25 heavy (non-hydrogen) atoms. The minimum Gasteiger partial charge on any atom is -0.486 e. The van der Waals surface area contributed by atoms with Crippen molar-refractivity contribution < 1.29 is 14.3 Å². The predicted octanol–water partition coefficient (Wildman–Crippen LogP) is 4.47. The molecule has 128 valence electrons. The summed E-state index contributed by atoms with van der Waals surface area (Å²) >= 11 is 7.83. The number of hydrogen-bond acceptors (Lipinski definition) is 4. The van der Waals surface area contributed by atoms with Gasteiger partial charge in [-0.05, 0) is 18.2 Å². The maximum absolute atomic E-state index is 12.8. The van der Waals surface area contributed by atoms with Crippen molar-refractivity contribution in [1.29, 1.82) is 0 Å². The van der Waals surface area contributed by atoms with Crippen LogP contribution in [0.1, 0.15) is 9.67 Å². The van der Waals surface area contributed by atoms with Crippen LogP contribution in [0.3, 0.4) is 0 Å². The number of carbonyl (C=O) groups is 1. The van der Waals surface area contributed by atoms with Crippen LogP contribution >= 0.6 is 22.9 Å². The normalized spacial score (nSPS) is 16.0. The third kappa shape index (κ3) is 3.05. The summed E-state index contributed by atoms with van der Waals surface area (Å²) in [5.41, 5.74) is 0. The molecule has 4 nitrogen and oxygen atoms in total. The van der Waals surface area contributed by atoms with Gasteiger partial charge in [0.15, 0.2) is 17.6 Å². The van der Waals surface area contributed by atoms with E-state index in [0.717, 1.165) is 15.8 Å².